The molecule has 0 spiro atoms. The van der Waals surface area contributed by atoms with Crippen LogP contribution in [-0.2, 0) is 0 Å². The van der Waals surface area contributed by atoms with E-state index in [2.05, 4.69) is 0 Å². The van der Waals surface area contributed by atoms with Crippen LogP contribution in [0.3, 0.4) is 0 Å². The highest BCUT2D eigenvalue weighted by molar-refractivity contribution is 5.97. The van der Waals surface area contributed by atoms with Gasteiger partial charge in [0.25, 0.3) is 5.91 Å². The third kappa shape index (κ3) is 2.79. The molecule has 100 valence electrons. The molecule has 2 N–H and O–H groups in total. The van der Waals surface area contributed by atoms with E-state index in [0.717, 1.165) is 25.7 Å². The number of carbonyl (C=O) groups excluding carboxylic acids is 1. The third-order valence-corrected chi connectivity index (χ3v) is 3.48. The number of aromatic hydroxyl groups is 2. The van der Waals surface area contributed by atoms with Crippen LogP contribution in [0.25, 0.3) is 0 Å². The van der Waals surface area contributed by atoms with E-state index in [-0.39, 0.29) is 29.6 Å². The summed E-state index contributed by atoms with van der Waals surface area (Å²) in [5.74, 6) is -0.657. The van der Waals surface area contributed by atoms with Crippen LogP contribution < -0.4 is 0 Å². The van der Waals surface area contributed by atoms with E-state index < -0.39 is 5.91 Å². The summed E-state index contributed by atoms with van der Waals surface area (Å²) in [4.78, 5) is 13.9. The summed E-state index contributed by atoms with van der Waals surface area (Å²) in [6, 6.07) is 5.87. The Kier molecular flexibility index (Phi) is 3.91. The van der Waals surface area contributed by atoms with E-state index in [9.17, 15) is 15.0 Å². The molecule has 1 amide bonds. The van der Waals surface area contributed by atoms with Crippen LogP contribution in [0, 0.1) is 11.3 Å². The van der Waals surface area contributed by atoms with E-state index in [1.54, 1.807) is 0 Å². The van der Waals surface area contributed by atoms with Crippen molar-refractivity contribution in [2.45, 2.75) is 31.7 Å². The number of nitriles is 1. The lowest BCUT2D eigenvalue weighted by Gasteiger charge is -2.26. The van der Waals surface area contributed by atoms with Gasteiger partial charge in [0, 0.05) is 6.04 Å². The van der Waals surface area contributed by atoms with Crippen molar-refractivity contribution >= 4 is 5.91 Å². The van der Waals surface area contributed by atoms with Crippen molar-refractivity contribution in [2.75, 3.05) is 6.54 Å². The fourth-order valence-corrected chi connectivity index (χ4v) is 2.51. The average Bonchev–Trinajstić information content (AvgIpc) is 2.92. The van der Waals surface area contributed by atoms with Crippen molar-refractivity contribution in [2.24, 2.45) is 0 Å². The highest BCUT2D eigenvalue weighted by Crippen LogP contribution is 2.28. The first-order valence-electron chi connectivity index (χ1n) is 6.33. The molecule has 1 fully saturated rings. The van der Waals surface area contributed by atoms with Gasteiger partial charge in [0.15, 0.2) is 0 Å². The Morgan fingerprint density at radius 2 is 2.05 bits per heavy atom. The topological polar surface area (TPSA) is 84.6 Å². The van der Waals surface area contributed by atoms with E-state index in [4.69, 9.17) is 5.26 Å². The van der Waals surface area contributed by atoms with Crippen molar-refractivity contribution in [1.82, 2.24) is 4.90 Å². The summed E-state index contributed by atoms with van der Waals surface area (Å²) in [6.45, 7) is -0.00139. The Hall–Kier alpha value is -2.22. The number of phenols is 2. The first-order chi connectivity index (χ1) is 9.13. The number of nitrogens with zero attached hydrogens (tertiary/aromatic N) is 2. The lowest BCUT2D eigenvalue weighted by Crippen LogP contribution is -2.39. The van der Waals surface area contributed by atoms with Gasteiger partial charge >= 0.3 is 0 Å². The molecule has 0 unspecified atom stereocenters. The number of phenolic OH excluding ortho intramolecular Hbond substituents is 2. The van der Waals surface area contributed by atoms with E-state index in [1.807, 2.05) is 6.07 Å². The lowest BCUT2D eigenvalue weighted by molar-refractivity contribution is 0.0706. The van der Waals surface area contributed by atoms with Gasteiger partial charge in [0.1, 0.15) is 18.0 Å². The van der Waals surface area contributed by atoms with Crippen molar-refractivity contribution < 1.29 is 15.0 Å². The summed E-state index contributed by atoms with van der Waals surface area (Å²) < 4.78 is 0. The molecule has 0 aliphatic heterocycles. The zero-order valence-electron chi connectivity index (χ0n) is 10.5. The molecule has 5 heteroatoms. The molecule has 1 saturated carbocycles. The van der Waals surface area contributed by atoms with Gasteiger partial charge < -0.3 is 15.1 Å². The normalized spacial score (nSPS) is 15.1. The van der Waals surface area contributed by atoms with Crippen molar-refractivity contribution in [1.29, 1.82) is 5.26 Å². The van der Waals surface area contributed by atoms with Crippen LogP contribution in [0.5, 0.6) is 11.5 Å². The predicted molar refractivity (Wildman–Crippen MR) is 68.7 cm³/mol. The van der Waals surface area contributed by atoms with E-state index in [1.165, 1.54) is 23.1 Å². The molecule has 0 saturated heterocycles. The Morgan fingerprint density at radius 1 is 1.37 bits per heavy atom. The van der Waals surface area contributed by atoms with Crippen LogP contribution in [0.1, 0.15) is 36.0 Å². The molecule has 1 aliphatic rings. The minimum atomic E-state index is -0.401. The van der Waals surface area contributed by atoms with Gasteiger partial charge in [0.2, 0.25) is 0 Å². The van der Waals surface area contributed by atoms with Crippen molar-refractivity contribution in [3.05, 3.63) is 23.8 Å². The van der Waals surface area contributed by atoms with E-state index >= 15 is 0 Å². The maximum Gasteiger partial charge on any atom is 0.258 e. The zero-order chi connectivity index (χ0) is 13.8. The van der Waals surface area contributed by atoms with Gasteiger partial charge in [-0.05, 0) is 31.0 Å². The number of benzene rings is 1. The van der Waals surface area contributed by atoms with Crippen LogP contribution >= 0.6 is 0 Å². The molecule has 19 heavy (non-hydrogen) atoms. The number of amides is 1. The maximum atomic E-state index is 12.4. The van der Waals surface area contributed by atoms with Crippen LogP contribution in [0.2, 0.25) is 0 Å². The Bertz CT molecular complexity index is 516. The van der Waals surface area contributed by atoms with Crippen molar-refractivity contribution in [3.63, 3.8) is 0 Å². The summed E-state index contributed by atoms with van der Waals surface area (Å²) in [7, 11) is 0. The second-order valence-electron chi connectivity index (χ2n) is 4.73. The zero-order valence-corrected chi connectivity index (χ0v) is 10.5. The monoisotopic (exact) mass is 260 g/mol. The first-order valence-corrected chi connectivity index (χ1v) is 6.33. The molecule has 0 heterocycles. The van der Waals surface area contributed by atoms with Gasteiger partial charge in [-0.25, -0.2) is 0 Å². The lowest BCUT2D eigenvalue weighted by atomic mass is 10.1. The minimum Gasteiger partial charge on any atom is -0.508 e. The highest BCUT2D eigenvalue weighted by Gasteiger charge is 2.28. The standard InChI is InChI=1S/C14H16N2O3/c15-7-8-16(10-3-1-2-4-10)14(19)12-9-11(17)5-6-13(12)18/h5-6,9-10,17-18H,1-4,8H2. The maximum absolute atomic E-state index is 12.4. The molecule has 0 radical (unpaired) electrons. The smallest absolute Gasteiger partial charge is 0.258 e. The molecule has 1 aromatic carbocycles. The molecular formula is C14H16N2O3. The second-order valence-corrected chi connectivity index (χ2v) is 4.73. The van der Waals surface area contributed by atoms with Gasteiger partial charge in [0.05, 0.1) is 11.6 Å². The Labute approximate surface area is 111 Å². The Morgan fingerprint density at radius 3 is 2.68 bits per heavy atom. The largest absolute Gasteiger partial charge is 0.508 e. The number of hydrogen-bond donors (Lipinski definition) is 2. The van der Waals surface area contributed by atoms with Gasteiger partial charge in [-0.15, -0.1) is 0 Å². The van der Waals surface area contributed by atoms with E-state index in [0.29, 0.717) is 0 Å². The van der Waals surface area contributed by atoms with Crippen molar-refractivity contribution in [3.8, 4) is 17.6 Å². The molecule has 2 rings (SSSR count). The molecule has 1 aromatic rings. The Balaban J connectivity index is 2.28. The first kappa shape index (κ1) is 13.2. The SMILES string of the molecule is N#CCN(C(=O)c1cc(O)ccc1O)C1CCCC1. The quantitative estimate of drug-likeness (QED) is 0.643. The summed E-state index contributed by atoms with van der Waals surface area (Å²) >= 11 is 0. The summed E-state index contributed by atoms with van der Waals surface area (Å²) in [5.41, 5.74) is 0.0437. The molecule has 1 aliphatic carbocycles. The van der Waals surface area contributed by atoms with Crippen LogP contribution in [-0.4, -0.2) is 33.6 Å². The number of carbonyl (C=O) groups is 1. The predicted octanol–water partition coefficient (Wildman–Crippen LogP) is 2.01. The molecular weight excluding hydrogens is 244 g/mol. The fraction of sp³-hybridized carbons (Fsp3) is 0.429. The molecule has 5 nitrogen and oxygen atoms in total. The van der Waals surface area contributed by atoms with Crippen LogP contribution in [0.15, 0.2) is 18.2 Å². The highest BCUT2D eigenvalue weighted by atomic mass is 16.3. The fourth-order valence-electron chi connectivity index (χ4n) is 2.51. The van der Waals surface area contributed by atoms with Gasteiger partial charge in [-0.3, -0.25) is 4.79 Å². The average molecular weight is 260 g/mol. The summed E-state index contributed by atoms with van der Waals surface area (Å²) in [6.07, 6.45) is 3.86. The molecule has 0 aromatic heterocycles. The summed E-state index contributed by atoms with van der Waals surface area (Å²) in [5, 5.41) is 28.0. The number of rotatable bonds is 3. The second kappa shape index (κ2) is 5.61. The molecule has 0 bridgehead atoms. The molecule has 0 atom stereocenters. The number of hydrogen-bond acceptors (Lipinski definition) is 4. The third-order valence-electron chi connectivity index (χ3n) is 3.48. The van der Waals surface area contributed by atoms with Gasteiger partial charge in [-0.1, -0.05) is 12.8 Å². The van der Waals surface area contributed by atoms with Crippen LogP contribution in [0.4, 0.5) is 0 Å². The van der Waals surface area contributed by atoms with Gasteiger partial charge in [-0.2, -0.15) is 5.26 Å². The minimum absolute atomic E-state index is 0.00139.